The van der Waals surface area contributed by atoms with Crippen LogP contribution in [0.25, 0.3) is 0 Å². The summed E-state index contributed by atoms with van der Waals surface area (Å²) < 4.78 is 5.98. The fraction of sp³-hybridized carbons (Fsp3) is 0.588. The molecule has 5 heteroatoms. The molecule has 0 aromatic heterocycles. The summed E-state index contributed by atoms with van der Waals surface area (Å²) in [5, 5.41) is 2.89. The quantitative estimate of drug-likeness (QED) is 0.895. The van der Waals surface area contributed by atoms with Gasteiger partial charge in [0.15, 0.2) is 0 Å². The molecule has 0 unspecified atom stereocenters. The van der Waals surface area contributed by atoms with Gasteiger partial charge in [0, 0.05) is 12.6 Å². The minimum absolute atomic E-state index is 0.0717. The first kappa shape index (κ1) is 15.7. The maximum absolute atomic E-state index is 12.3. The predicted octanol–water partition coefficient (Wildman–Crippen LogP) is 2.63. The Morgan fingerprint density at radius 2 is 1.91 bits per heavy atom. The number of hydrogen-bond acceptors (Lipinski definition) is 4. The molecule has 2 aliphatic rings. The zero-order valence-corrected chi connectivity index (χ0v) is 13.6. The minimum atomic E-state index is -0.142. The summed E-state index contributed by atoms with van der Waals surface area (Å²) in [6, 6.07) is 8.13. The third-order valence-electron chi connectivity index (χ3n) is 4.41. The monoisotopic (exact) mass is 320 g/mol. The highest BCUT2D eigenvalue weighted by Crippen LogP contribution is 2.33. The van der Waals surface area contributed by atoms with E-state index in [1.54, 1.807) is 11.8 Å². The lowest BCUT2D eigenvalue weighted by Crippen LogP contribution is -2.40. The Morgan fingerprint density at radius 3 is 2.59 bits per heavy atom. The Hall–Kier alpha value is -1.20. The molecule has 0 radical (unpaired) electrons. The highest BCUT2D eigenvalue weighted by atomic mass is 32.2. The predicted molar refractivity (Wildman–Crippen MR) is 90.1 cm³/mol. The van der Waals surface area contributed by atoms with Gasteiger partial charge < -0.3 is 15.8 Å². The second-order valence-corrected chi connectivity index (χ2v) is 7.29. The smallest absolute Gasteiger partial charge is 0.237 e. The Kier molecular flexibility index (Phi) is 5.26. The lowest BCUT2D eigenvalue weighted by atomic mass is 10.1. The molecule has 0 spiro atoms. The largest absolute Gasteiger partial charge is 0.490 e. The maximum atomic E-state index is 12.3. The highest BCUT2D eigenvalue weighted by molar-refractivity contribution is 8.00. The molecule has 3 rings (SSSR count). The molecule has 3 N–H and O–H groups in total. The van der Waals surface area contributed by atoms with Crippen LogP contribution in [0.4, 0.5) is 0 Å². The molecule has 2 atom stereocenters. The summed E-state index contributed by atoms with van der Waals surface area (Å²) in [5.74, 6) is 1.93. The van der Waals surface area contributed by atoms with Gasteiger partial charge >= 0.3 is 0 Å². The van der Waals surface area contributed by atoms with Crippen LogP contribution in [0.15, 0.2) is 24.3 Å². The van der Waals surface area contributed by atoms with Gasteiger partial charge in [-0.1, -0.05) is 12.1 Å². The van der Waals surface area contributed by atoms with E-state index >= 15 is 0 Å². The van der Waals surface area contributed by atoms with Gasteiger partial charge in [0.1, 0.15) is 11.0 Å². The number of benzene rings is 1. The van der Waals surface area contributed by atoms with E-state index in [0.29, 0.717) is 12.6 Å². The van der Waals surface area contributed by atoms with Crippen LogP contribution in [-0.2, 0) is 4.79 Å². The van der Waals surface area contributed by atoms with Gasteiger partial charge in [-0.2, -0.15) is 0 Å². The van der Waals surface area contributed by atoms with Crippen LogP contribution < -0.4 is 15.8 Å². The minimum Gasteiger partial charge on any atom is -0.490 e. The zero-order chi connectivity index (χ0) is 15.4. The molecule has 4 nitrogen and oxygen atoms in total. The lowest BCUT2D eigenvalue weighted by molar-refractivity contribution is -0.121. The Morgan fingerprint density at radius 1 is 1.18 bits per heavy atom. The molecule has 1 aromatic rings. The van der Waals surface area contributed by atoms with E-state index in [1.807, 2.05) is 24.3 Å². The molecule has 22 heavy (non-hydrogen) atoms. The topological polar surface area (TPSA) is 64.3 Å². The van der Waals surface area contributed by atoms with Crippen LogP contribution in [0.2, 0.25) is 0 Å². The first-order valence-electron chi connectivity index (χ1n) is 8.15. The van der Waals surface area contributed by atoms with E-state index in [1.165, 1.54) is 12.8 Å². The number of thioether (sulfide) groups is 1. The second kappa shape index (κ2) is 7.38. The van der Waals surface area contributed by atoms with Crippen molar-refractivity contribution in [3.8, 4) is 5.75 Å². The summed E-state index contributed by atoms with van der Waals surface area (Å²) in [7, 11) is 0. The van der Waals surface area contributed by atoms with Crippen LogP contribution in [0.3, 0.4) is 0 Å². The molecule has 1 heterocycles. The Labute approximate surface area is 136 Å². The van der Waals surface area contributed by atoms with E-state index in [9.17, 15) is 4.79 Å². The van der Waals surface area contributed by atoms with E-state index in [-0.39, 0.29) is 17.2 Å². The number of carbonyl (C=O) groups is 1. The Balaban J connectivity index is 1.65. The summed E-state index contributed by atoms with van der Waals surface area (Å²) in [6.45, 7) is 0.507. The van der Waals surface area contributed by atoms with E-state index in [0.717, 1.165) is 36.3 Å². The van der Waals surface area contributed by atoms with Crippen molar-refractivity contribution in [1.82, 2.24) is 5.32 Å². The van der Waals surface area contributed by atoms with Crippen molar-refractivity contribution in [2.45, 2.75) is 49.5 Å². The van der Waals surface area contributed by atoms with Crippen molar-refractivity contribution < 1.29 is 9.53 Å². The van der Waals surface area contributed by atoms with Crippen LogP contribution in [0, 0.1) is 0 Å². The highest BCUT2D eigenvalue weighted by Gasteiger charge is 2.27. The molecule has 1 saturated heterocycles. The van der Waals surface area contributed by atoms with E-state index in [4.69, 9.17) is 10.5 Å². The van der Waals surface area contributed by atoms with Crippen molar-refractivity contribution in [3.05, 3.63) is 29.8 Å². The molecular formula is C17H24N2O2S. The van der Waals surface area contributed by atoms with Crippen LogP contribution in [-0.4, -0.2) is 30.4 Å². The van der Waals surface area contributed by atoms with Gasteiger partial charge in [-0.3, -0.25) is 4.79 Å². The average Bonchev–Trinajstić information content (AvgIpc) is 2.96. The molecule has 1 aliphatic carbocycles. The standard InChI is InChI=1S/C17H24N2O2S/c18-11-13-9-10-22-16(17(20)19-13)12-5-7-15(8-6-12)21-14-3-1-2-4-14/h5-8,13-14,16H,1-4,9-11,18H2,(H,19,20)/t13-,16+/m0/s1. The number of nitrogens with one attached hydrogen (secondary N) is 1. The molecule has 2 fully saturated rings. The molecule has 1 amide bonds. The average molecular weight is 320 g/mol. The number of nitrogens with two attached hydrogens (primary N) is 1. The van der Waals surface area contributed by atoms with Gasteiger partial charge in [0.2, 0.25) is 5.91 Å². The molecule has 0 bridgehead atoms. The van der Waals surface area contributed by atoms with E-state index in [2.05, 4.69) is 5.32 Å². The van der Waals surface area contributed by atoms with Crippen LogP contribution in [0.5, 0.6) is 5.75 Å². The second-order valence-electron chi connectivity index (χ2n) is 6.07. The van der Waals surface area contributed by atoms with Gasteiger partial charge in [-0.25, -0.2) is 0 Å². The van der Waals surface area contributed by atoms with Gasteiger partial charge in [-0.15, -0.1) is 11.8 Å². The molecule has 1 aliphatic heterocycles. The van der Waals surface area contributed by atoms with Gasteiger partial charge in [0.05, 0.1) is 6.10 Å². The SMILES string of the molecule is NC[C@@H]1CCS[C@H](c2ccc(OC3CCCC3)cc2)C(=O)N1. The Bertz CT molecular complexity index is 500. The summed E-state index contributed by atoms with van der Waals surface area (Å²) in [5.41, 5.74) is 6.72. The van der Waals surface area contributed by atoms with Gasteiger partial charge in [0.25, 0.3) is 0 Å². The first-order chi connectivity index (χ1) is 10.8. The van der Waals surface area contributed by atoms with Crippen molar-refractivity contribution in [3.63, 3.8) is 0 Å². The zero-order valence-electron chi connectivity index (χ0n) is 12.8. The molecule has 1 aromatic carbocycles. The van der Waals surface area contributed by atoms with Crippen molar-refractivity contribution in [1.29, 1.82) is 0 Å². The summed E-state index contributed by atoms with van der Waals surface area (Å²) >= 11 is 1.69. The normalized spacial score (nSPS) is 26.5. The number of amides is 1. The first-order valence-corrected chi connectivity index (χ1v) is 9.20. The third-order valence-corrected chi connectivity index (χ3v) is 5.70. The fourth-order valence-electron chi connectivity index (χ4n) is 3.10. The van der Waals surface area contributed by atoms with Crippen LogP contribution >= 0.6 is 11.8 Å². The number of hydrogen-bond donors (Lipinski definition) is 2. The third kappa shape index (κ3) is 3.76. The molecular weight excluding hydrogens is 296 g/mol. The summed E-state index contributed by atoms with van der Waals surface area (Å²) in [6.07, 6.45) is 6.15. The van der Waals surface area contributed by atoms with Crippen LogP contribution in [0.1, 0.15) is 42.9 Å². The molecule has 1 saturated carbocycles. The molecule has 120 valence electrons. The fourth-order valence-corrected chi connectivity index (χ4v) is 4.32. The number of rotatable bonds is 4. The maximum Gasteiger partial charge on any atom is 0.237 e. The number of ether oxygens (including phenoxy) is 1. The number of carbonyl (C=O) groups excluding carboxylic acids is 1. The van der Waals surface area contributed by atoms with E-state index < -0.39 is 0 Å². The van der Waals surface area contributed by atoms with Gasteiger partial charge in [-0.05, 0) is 55.6 Å². The van der Waals surface area contributed by atoms with Crippen molar-refractivity contribution in [2.75, 3.05) is 12.3 Å². The van der Waals surface area contributed by atoms with Crippen molar-refractivity contribution in [2.24, 2.45) is 5.73 Å². The lowest BCUT2D eigenvalue weighted by Gasteiger charge is -2.17. The summed E-state index contributed by atoms with van der Waals surface area (Å²) in [4.78, 5) is 12.3. The van der Waals surface area contributed by atoms with Crippen molar-refractivity contribution >= 4 is 17.7 Å².